The number of aromatic nitrogens is 2. The minimum Gasteiger partial charge on any atom is -0.381 e. The average molecular weight is 546 g/mol. The Hall–Kier alpha value is -2.72. The summed E-state index contributed by atoms with van der Waals surface area (Å²) in [4.78, 5) is 25.1. The van der Waals surface area contributed by atoms with Gasteiger partial charge in [-0.25, -0.2) is 9.97 Å². The molecule has 1 aromatic heterocycles. The summed E-state index contributed by atoms with van der Waals surface area (Å²) >= 11 is 0. The normalized spacial score (nSPS) is 22.8. The van der Waals surface area contributed by atoms with Gasteiger partial charge in [-0.3, -0.25) is 9.69 Å². The summed E-state index contributed by atoms with van der Waals surface area (Å²) in [6, 6.07) is 8.33. The number of piperidine rings is 1. The molecule has 3 saturated heterocycles. The molecule has 3 aliphatic heterocycles. The van der Waals surface area contributed by atoms with E-state index in [1.165, 1.54) is 5.56 Å². The molecule has 2 aromatic rings. The summed E-state index contributed by atoms with van der Waals surface area (Å²) in [6.45, 7) is 13.0. The number of anilines is 1. The van der Waals surface area contributed by atoms with Crippen LogP contribution in [0.5, 0.6) is 0 Å². The lowest BCUT2D eigenvalue weighted by atomic mass is 9.87. The van der Waals surface area contributed by atoms with Gasteiger partial charge >= 0.3 is 6.18 Å². The van der Waals surface area contributed by atoms with Crippen molar-refractivity contribution in [3.8, 4) is 0 Å². The zero-order chi connectivity index (χ0) is 27.9. The van der Waals surface area contributed by atoms with Crippen LogP contribution in [0.15, 0.2) is 24.3 Å². The predicted octanol–water partition coefficient (Wildman–Crippen LogP) is 4.90. The number of halogens is 3. The summed E-state index contributed by atoms with van der Waals surface area (Å²) in [5.74, 6) is -0.555. The highest BCUT2D eigenvalue weighted by molar-refractivity contribution is 5.94. The zero-order valence-corrected chi connectivity index (χ0v) is 23.1. The van der Waals surface area contributed by atoms with Gasteiger partial charge < -0.3 is 15.0 Å². The minimum atomic E-state index is -4.77. The van der Waals surface area contributed by atoms with Crippen molar-refractivity contribution < 1.29 is 22.7 Å². The van der Waals surface area contributed by atoms with Crippen LogP contribution in [-0.2, 0) is 22.9 Å². The number of hydrogen-bond donors (Lipinski definition) is 1. The molecule has 1 aromatic carbocycles. The number of likely N-dealkylation sites (tertiary alicyclic amines) is 2. The van der Waals surface area contributed by atoms with Crippen molar-refractivity contribution in [1.82, 2.24) is 19.8 Å². The summed E-state index contributed by atoms with van der Waals surface area (Å²) in [7, 11) is 0. The Morgan fingerprint density at radius 2 is 1.64 bits per heavy atom. The maximum absolute atomic E-state index is 13.7. The topological polar surface area (TPSA) is 70.6 Å². The third-order valence-electron chi connectivity index (χ3n) is 8.42. The van der Waals surface area contributed by atoms with Crippen LogP contribution in [0.1, 0.15) is 66.6 Å². The second kappa shape index (κ2) is 10.7. The molecular formula is C29H38F3N5O2. The van der Waals surface area contributed by atoms with Gasteiger partial charge in [0, 0.05) is 56.2 Å². The Balaban J connectivity index is 1.28. The van der Waals surface area contributed by atoms with E-state index in [0.29, 0.717) is 36.5 Å². The summed E-state index contributed by atoms with van der Waals surface area (Å²) in [5, 5.41) is 3.02. The molecule has 0 radical (unpaired) electrons. The smallest absolute Gasteiger partial charge is 0.381 e. The lowest BCUT2D eigenvalue weighted by Crippen LogP contribution is -2.46. The molecule has 4 heterocycles. The van der Waals surface area contributed by atoms with E-state index in [1.807, 2.05) is 24.3 Å². The van der Waals surface area contributed by atoms with E-state index in [0.717, 1.165) is 44.7 Å². The molecule has 0 bridgehead atoms. The second-order valence-electron chi connectivity index (χ2n) is 12.2. The first-order valence-corrected chi connectivity index (χ1v) is 13.8. The van der Waals surface area contributed by atoms with Crippen LogP contribution in [0, 0.1) is 18.8 Å². The van der Waals surface area contributed by atoms with Gasteiger partial charge in [0.15, 0.2) is 0 Å². The third kappa shape index (κ3) is 6.06. The van der Waals surface area contributed by atoms with Crippen LogP contribution in [0.2, 0.25) is 0 Å². The number of fused-ring (bicyclic) bond motifs is 1. The van der Waals surface area contributed by atoms with Crippen LogP contribution in [-0.4, -0.2) is 71.1 Å². The van der Waals surface area contributed by atoms with Gasteiger partial charge in [-0.2, -0.15) is 13.2 Å². The summed E-state index contributed by atoms with van der Waals surface area (Å²) in [5.41, 5.74) is 2.22. The Morgan fingerprint density at radius 1 is 1.03 bits per heavy atom. The largest absolute Gasteiger partial charge is 0.451 e. The fourth-order valence-electron chi connectivity index (χ4n) is 5.94. The molecule has 0 aliphatic carbocycles. The number of rotatable bonds is 5. The molecule has 3 aliphatic rings. The number of alkyl halides is 3. The number of ether oxygens (including phenoxy) is 1. The third-order valence-corrected chi connectivity index (χ3v) is 8.42. The highest BCUT2D eigenvalue weighted by atomic mass is 19.4. The molecule has 0 saturated carbocycles. The summed E-state index contributed by atoms with van der Waals surface area (Å²) < 4.78 is 46.8. The molecule has 1 N–H and O–H groups in total. The van der Waals surface area contributed by atoms with Gasteiger partial charge in [-0.15, -0.1) is 0 Å². The average Bonchev–Trinajstić information content (AvgIpc) is 3.50. The zero-order valence-electron chi connectivity index (χ0n) is 23.1. The molecule has 7 nitrogen and oxygen atoms in total. The molecule has 2 unspecified atom stereocenters. The monoisotopic (exact) mass is 545 g/mol. The van der Waals surface area contributed by atoms with Gasteiger partial charge in [-0.05, 0) is 36.3 Å². The van der Waals surface area contributed by atoms with Crippen molar-refractivity contribution in [2.75, 3.05) is 44.7 Å². The first-order chi connectivity index (χ1) is 18.4. The number of hydrogen-bond acceptors (Lipinski definition) is 6. The standard InChI is InChI=1S/C29H38F3N5O2/c1-18-24(26(38)36-11-9-23(10-12-36)37-14-20-16-39-17-21(20)15-37)34-27(29(30,31)32)35-25(18)33-13-19-5-7-22(8-6-19)28(2,3)4/h5-8,20-21,23H,9-17H2,1-4H3,(H,33,34,35). The molecule has 10 heteroatoms. The number of carbonyl (C=O) groups is 1. The molecule has 212 valence electrons. The molecule has 5 rings (SSSR count). The SMILES string of the molecule is Cc1c(NCc2ccc(C(C)(C)C)cc2)nc(C(F)(F)F)nc1C(=O)N1CCC(N2CC3COCC3C2)CC1. The number of nitrogens with zero attached hydrogens (tertiary/aromatic N) is 4. The molecular weight excluding hydrogens is 507 g/mol. The van der Waals surface area contributed by atoms with Crippen molar-refractivity contribution in [3.05, 3.63) is 52.5 Å². The Bertz CT molecular complexity index is 1180. The molecule has 0 spiro atoms. The number of benzene rings is 1. The van der Waals surface area contributed by atoms with Gasteiger partial charge in [0.05, 0.1) is 13.2 Å². The van der Waals surface area contributed by atoms with Crippen molar-refractivity contribution in [2.45, 2.75) is 64.7 Å². The minimum absolute atomic E-state index is 0.00297. The lowest BCUT2D eigenvalue weighted by molar-refractivity contribution is -0.144. The number of carbonyl (C=O) groups excluding carboxylic acids is 1. The fraction of sp³-hybridized carbons (Fsp3) is 0.621. The molecule has 3 fully saturated rings. The van der Waals surface area contributed by atoms with Crippen LogP contribution in [0.3, 0.4) is 0 Å². The van der Waals surface area contributed by atoms with E-state index in [2.05, 4.69) is 41.0 Å². The van der Waals surface area contributed by atoms with Crippen molar-refractivity contribution in [2.24, 2.45) is 11.8 Å². The van der Waals surface area contributed by atoms with Gasteiger partial charge in [0.25, 0.3) is 5.91 Å². The highest BCUT2D eigenvalue weighted by Crippen LogP contribution is 2.34. The van der Waals surface area contributed by atoms with E-state index in [4.69, 9.17) is 4.74 Å². The van der Waals surface area contributed by atoms with E-state index >= 15 is 0 Å². The molecule has 2 atom stereocenters. The van der Waals surface area contributed by atoms with Crippen molar-refractivity contribution in [1.29, 1.82) is 0 Å². The molecule has 39 heavy (non-hydrogen) atoms. The molecule has 1 amide bonds. The van der Waals surface area contributed by atoms with Crippen LogP contribution in [0.4, 0.5) is 19.0 Å². The lowest BCUT2D eigenvalue weighted by Gasteiger charge is -2.37. The quantitative estimate of drug-likeness (QED) is 0.577. The van der Waals surface area contributed by atoms with Crippen LogP contribution >= 0.6 is 0 Å². The number of nitrogens with one attached hydrogen (secondary N) is 1. The van der Waals surface area contributed by atoms with E-state index in [9.17, 15) is 18.0 Å². The first kappa shape index (κ1) is 27.8. The van der Waals surface area contributed by atoms with E-state index in [-0.39, 0.29) is 23.5 Å². The van der Waals surface area contributed by atoms with Crippen molar-refractivity contribution in [3.63, 3.8) is 0 Å². The maximum atomic E-state index is 13.7. The first-order valence-electron chi connectivity index (χ1n) is 13.8. The predicted molar refractivity (Wildman–Crippen MR) is 143 cm³/mol. The second-order valence-corrected chi connectivity index (χ2v) is 12.2. The Kier molecular flexibility index (Phi) is 7.63. The van der Waals surface area contributed by atoms with Crippen molar-refractivity contribution >= 4 is 11.7 Å². The Morgan fingerprint density at radius 3 is 2.21 bits per heavy atom. The van der Waals surface area contributed by atoms with E-state index in [1.54, 1.807) is 11.8 Å². The van der Waals surface area contributed by atoms with Gasteiger partial charge in [0.2, 0.25) is 5.82 Å². The summed E-state index contributed by atoms with van der Waals surface area (Å²) in [6.07, 6.45) is -3.16. The van der Waals surface area contributed by atoms with Crippen LogP contribution in [0.25, 0.3) is 0 Å². The Labute approximate surface area is 228 Å². The van der Waals surface area contributed by atoms with Gasteiger partial charge in [0.1, 0.15) is 11.5 Å². The fourth-order valence-corrected chi connectivity index (χ4v) is 5.94. The highest BCUT2D eigenvalue weighted by Gasteiger charge is 2.41. The maximum Gasteiger partial charge on any atom is 0.451 e. The van der Waals surface area contributed by atoms with Crippen LogP contribution < -0.4 is 5.32 Å². The van der Waals surface area contributed by atoms with Gasteiger partial charge in [-0.1, -0.05) is 45.0 Å². The van der Waals surface area contributed by atoms with E-state index < -0.39 is 17.9 Å². The number of amides is 1.